The number of hydrogen-bond acceptors (Lipinski definition) is 0. The highest BCUT2D eigenvalue weighted by Crippen LogP contribution is 2.49. The monoisotopic (exact) mass is 1220 g/mol. The molecule has 0 spiro atoms. The van der Waals surface area contributed by atoms with E-state index in [4.69, 9.17) is 0 Å². The number of fused-ring (bicyclic) bond motifs is 15. The molecule has 5 heteroatoms. The number of aromatic nitrogens is 5. The highest BCUT2D eigenvalue weighted by atomic mass is 15.0. The fourth-order valence-corrected chi connectivity index (χ4v) is 16.5. The lowest BCUT2D eigenvalue weighted by Gasteiger charge is -2.28. The Hall–Kier alpha value is -11.1. The number of rotatable bonds is 7. The summed E-state index contributed by atoms with van der Waals surface area (Å²) in [6, 6.07) is 105. The van der Waals surface area contributed by atoms with Crippen LogP contribution < -0.4 is 0 Å². The van der Waals surface area contributed by atoms with E-state index in [0.29, 0.717) is 0 Å². The Morgan fingerprint density at radius 3 is 1.18 bits per heavy atom. The normalized spacial score (nSPS) is 12.7. The summed E-state index contributed by atoms with van der Waals surface area (Å²) in [6.45, 7) is 21.3. The summed E-state index contributed by atoms with van der Waals surface area (Å²) in [5.41, 5.74) is 25.9. The fraction of sp³-hybridized carbons (Fsp3) is 0.133. The van der Waals surface area contributed by atoms with E-state index in [1.807, 2.05) is 0 Å². The molecule has 0 saturated carbocycles. The van der Waals surface area contributed by atoms with Crippen LogP contribution in [0.15, 0.2) is 279 Å². The molecule has 458 valence electrons. The molecule has 0 bridgehead atoms. The molecule has 0 amide bonds. The summed E-state index contributed by atoms with van der Waals surface area (Å²) in [4.78, 5) is 0. The van der Waals surface area contributed by atoms with Gasteiger partial charge in [-0.1, -0.05) is 238 Å². The largest absolute Gasteiger partial charge is 0.309 e. The molecule has 95 heavy (non-hydrogen) atoms. The highest BCUT2D eigenvalue weighted by molar-refractivity contribution is 6.20. The molecule has 18 rings (SSSR count). The van der Waals surface area contributed by atoms with Gasteiger partial charge in [-0.2, -0.15) is 0 Å². The smallest absolute Gasteiger partial charge is 0.0599 e. The van der Waals surface area contributed by atoms with Crippen molar-refractivity contribution in [3.05, 3.63) is 296 Å². The Kier molecular flexibility index (Phi) is 12.3. The van der Waals surface area contributed by atoms with Crippen molar-refractivity contribution >= 4 is 109 Å². The van der Waals surface area contributed by atoms with Crippen LogP contribution in [0.2, 0.25) is 0 Å². The molecule has 18 aromatic rings. The summed E-state index contributed by atoms with van der Waals surface area (Å²) in [6.07, 6.45) is 0. The van der Waals surface area contributed by atoms with E-state index in [1.54, 1.807) is 0 Å². The predicted octanol–water partition coefficient (Wildman–Crippen LogP) is 24.4. The van der Waals surface area contributed by atoms with Gasteiger partial charge in [-0.25, -0.2) is 0 Å². The van der Waals surface area contributed by atoms with E-state index in [0.717, 1.165) is 16.8 Å². The van der Waals surface area contributed by atoms with Crippen LogP contribution in [0.25, 0.3) is 160 Å². The van der Waals surface area contributed by atoms with Crippen LogP contribution in [0.3, 0.4) is 0 Å². The second kappa shape index (κ2) is 20.7. The average molecular weight is 1220 g/mol. The minimum absolute atomic E-state index is 0.0689. The molecule has 0 saturated heterocycles. The summed E-state index contributed by atoms with van der Waals surface area (Å²) in [5, 5.41) is 12.4. The Bertz CT molecular complexity index is 6100. The van der Waals surface area contributed by atoms with Crippen molar-refractivity contribution in [2.24, 2.45) is 0 Å². The van der Waals surface area contributed by atoms with Crippen molar-refractivity contribution < 1.29 is 0 Å². The van der Waals surface area contributed by atoms with Gasteiger partial charge in [0.05, 0.1) is 72.2 Å². The molecule has 0 aliphatic heterocycles. The zero-order chi connectivity index (χ0) is 64.4. The van der Waals surface area contributed by atoms with Crippen LogP contribution >= 0.6 is 0 Å². The van der Waals surface area contributed by atoms with Gasteiger partial charge in [0.15, 0.2) is 0 Å². The predicted molar refractivity (Wildman–Crippen MR) is 405 cm³/mol. The molecule has 13 aromatic carbocycles. The van der Waals surface area contributed by atoms with E-state index in [-0.39, 0.29) is 16.2 Å². The van der Waals surface area contributed by atoms with Gasteiger partial charge < -0.3 is 22.8 Å². The molecule has 0 radical (unpaired) electrons. The minimum atomic E-state index is -0.319. The Morgan fingerprint density at radius 2 is 0.621 bits per heavy atom. The third-order valence-corrected chi connectivity index (χ3v) is 20.4. The zero-order valence-corrected chi connectivity index (χ0v) is 55.3. The lowest BCUT2D eigenvalue weighted by Crippen LogP contribution is -2.19. The van der Waals surface area contributed by atoms with Crippen molar-refractivity contribution in [3.8, 4) is 50.7 Å². The highest BCUT2D eigenvalue weighted by Gasteiger charge is 2.32. The molecule has 0 aliphatic rings. The first-order valence-corrected chi connectivity index (χ1v) is 33.6. The first kappa shape index (κ1) is 56.6. The van der Waals surface area contributed by atoms with Crippen molar-refractivity contribution in [1.29, 1.82) is 0 Å². The zero-order valence-electron chi connectivity index (χ0n) is 55.3. The number of para-hydroxylation sites is 7. The third-order valence-electron chi connectivity index (χ3n) is 20.4. The number of nitrogens with zero attached hydrogens (tertiary/aromatic N) is 5. The topological polar surface area (TPSA) is 24.6 Å². The van der Waals surface area contributed by atoms with Crippen molar-refractivity contribution in [1.82, 2.24) is 22.8 Å². The van der Waals surface area contributed by atoms with Gasteiger partial charge in [0, 0.05) is 76.4 Å². The summed E-state index contributed by atoms with van der Waals surface area (Å²) < 4.78 is 12.7. The van der Waals surface area contributed by atoms with Crippen LogP contribution in [-0.4, -0.2) is 22.8 Å². The van der Waals surface area contributed by atoms with E-state index in [9.17, 15) is 0 Å². The van der Waals surface area contributed by atoms with Crippen molar-refractivity contribution in [2.45, 2.75) is 78.6 Å². The summed E-state index contributed by atoms with van der Waals surface area (Å²) in [7, 11) is 0. The molecule has 0 N–H and O–H groups in total. The van der Waals surface area contributed by atoms with E-state index >= 15 is 0 Å². The van der Waals surface area contributed by atoms with Crippen LogP contribution in [0.5, 0.6) is 0 Å². The van der Waals surface area contributed by atoms with E-state index in [2.05, 4.69) is 364 Å². The second-order valence-electron chi connectivity index (χ2n) is 29.3. The molecule has 5 heterocycles. The van der Waals surface area contributed by atoms with E-state index in [1.165, 1.54) is 160 Å². The van der Waals surface area contributed by atoms with Crippen molar-refractivity contribution in [3.63, 3.8) is 0 Å². The van der Waals surface area contributed by atoms with Gasteiger partial charge in [-0.15, -0.1) is 0 Å². The first-order valence-electron chi connectivity index (χ1n) is 33.6. The van der Waals surface area contributed by atoms with Crippen LogP contribution in [0, 0.1) is 0 Å². The molecule has 0 unspecified atom stereocenters. The Labute approximate surface area is 553 Å². The van der Waals surface area contributed by atoms with Crippen LogP contribution in [0.1, 0.15) is 79.0 Å². The minimum Gasteiger partial charge on any atom is -0.309 e. The Balaban J connectivity index is 0.880. The maximum Gasteiger partial charge on any atom is 0.0599 e. The van der Waals surface area contributed by atoms with Crippen LogP contribution in [-0.2, 0) is 16.2 Å². The molecule has 0 atom stereocenters. The molecule has 5 nitrogen and oxygen atoms in total. The molecular weight excluding hydrogens is 1150 g/mol. The number of benzene rings is 13. The van der Waals surface area contributed by atoms with Gasteiger partial charge in [0.2, 0.25) is 0 Å². The van der Waals surface area contributed by atoms with Crippen LogP contribution in [0.4, 0.5) is 0 Å². The van der Waals surface area contributed by atoms with Gasteiger partial charge in [-0.3, -0.25) is 0 Å². The summed E-state index contributed by atoms with van der Waals surface area (Å²) in [5.74, 6) is 0. The molecule has 5 aromatic heterocycles. The average Bonchev–Trinajstić information content (AvgIpc) is 1.57. The maximum absolute atomic E-state index is 2.60. The van der Waals surface area contributed by atoms with Gasteiger partial charge in [-0.05, 0) is 147 Å². The van der Waals surface area contributed by atoms with Crippen molar-refractivity contribution in [2.75, 3.05) is 0 Å². The first-order chi connectivity index (χ1) is 46.1. The number of hydrogen-bond donors (Lipinski definition) is 0. The van der Waals surface area contributed by atoms with Gasteiger partial charge >= 0.3 is 0 Å². The Morgan fingerprint density at radius 1 is 0.221 bits per heavy atom. The molecule has 0 fully saturated rings. The molecule has 0 aliphatic carbocycles. The third kappa shape index (κ3) is 8.47. The van der Waals surface area contributed by atoms with E-state index < -0.39 is 0 Å². The standard InChI is InChI=1S/C90H73N5/c1-88(2,3)71-38-24-37-67-70-54-57(47-50-77(70)91(86(67)71)59-28-11-10-12-29-59)56-27-23-30-60(53-56)92-79-44-25-36-61(83(79)68-49-52-82(85(87(68)92)90(7,8)9)94-74-41-20-15-33-64(74)65-34-16-21-42-75(65)94)58-48-51-78-69(55-58)66-35-17-22-43-76(66)95(78)81-46-26-45-80(84(81)89(4,5)6)93-72-39-18-13-31-62(72)63-32-14-19-40-73(63)93/h10-55H,1-9H3. The SMILES string of the molecule is CC(C)(C)c1c(-n2c3ccccc3c3ccccc32)cccc1-n1c2ccccc2c2cc(-c3cccc4c3c3ccc(-n5c6ccccc6c6ccccc65)c(C(C)(C)C)c3n4-c3cccc(-c4ccc5c(c4)c4cccc(C(C)(C)C)c4n5-c4ccccc4)c3)ccc21. The van der Waals surface area contributed by atoms with Gasteiger partial charge in [0.25, 0.3) is 0 Å². The quantitative estimate of drug-likeness (QED) is 0.152. The second-order valence-corrected chi connectivity index (χ2v) is 29.3. The molecular formula is C90H73N5. The van der Waals surface area contributed by atoms with Gasteiger partial charge in [0.1, 0.15) is 0 Å². The summed E-state index contributed by atoms with van der Waals surface area (Å²) >= 11 is 0. The lowest BCUT2D eigenvalue weighted by molar-refractivity contribution is 0.584. The maximum atomic E-state index is 2.60. The lowest BCUT2D eigenvalue weighted by atomic mass is 9.83. The fourth-order valence-electron chi connectivity index (χ4n) is 16.5.